The highest BCUT2D eigenvalue weighted by Gasteiger charge is 2.62. The highest BCUT2D eigenvalue weighted by atomic mass is 16.4. The SMILES string of the molecule is C[C@H](CCC(=O)O)[C@H]1CCC2C3CCC4=CC(=O)CC[C@]4(C)C3[C@@H](O)C[C@@]21C. The zero-order chi connectivity index (χ0) is 20.3. The second-order valence-electron chi connectivity index (χ2n) is 10.8. The van der Waals surface area contributed by atoms with Gasteiger partial charge in [-0.05, 0) is 91.4 Å². The maximum absolute atomic E-state index is 12.0. The summed E-state index contributed by atoms with van der Waals surface area (Å²) in [6.07, 6.45) is 9.35. The molecule has 0 aromatic carbocycles. The van der Waals surface area contributed by atoms with Crippen molar-refractivity contribution < 1.29 is 19.8 Å². The van der Waals surface area contributed by atoms with Crippen molar-refractivity contribution in [2.75, 3.05) is 0 Å². The first-order chi connectivity index (χ1) is 13.2. The first kappa shape index (κ1) is 20.1. The molecule has 4 nitrogen and oxygen atoms in total. The molecule has 4 aliphatic carbocycles. The summed E-state index contributed by atoms with van der Waals surface area (Å²) in [5, 5.41) is 20.5. The number of allylic oxidation sites excluding steroid dienone is 1. The van der Waals surface area contributed by atoms with Crippen LogP contribution in [-0.4, -0.2) is 28.1 Å². The molecule has 4 heteroatoms. The second-order valence-corrected chi connectivity index (χ2v) is 10.8. The minimum atomic E-state index is -0.707. The summed E-state index contributed by atoms with van der Waals surface area (Å²) in [6, 6.07) is 0. The van der Waals surface area contributed by atoms with Gasteiger partial charge in [-0.1, -0.05) is 26.3 Å². The molecule has 3 fully saturated rings. The molecule has 3 saturated carbocycles. The molecule has 0 radical (unpaired) electrons. The molecule has 156 valence electrons. The van der Waals surface area contributed by atoms with E-state index >= 15 is 0 Å². The van der Waals surface area contributed by atoms with Gasteiger partial charge < -0.3 is 10.2 Å². The Morgan fingerprint density at radius 1 is 1.25 bits per heavy atom. The van der Waals surface area contributed by atoms with Crippen LogP contribution in [0.3, 0.4) is 0 Å². The van der Waals surface area contributed by atoms with E-state index in [1.165, 1.54) is 12.0 Å². The molecule has 0 aromatic rings. The Hall–Kier alpha value is -1.16. The number of hydrogen-bond acceptors (Lipinski definition) is 3. The summed E-state index contributed by atoms with van der Waals surface area (Å²) in [5.74, 6) is 1.86. The van der Waals surface area contributed by atoms with E-state index in [9.17, 15) is 14.7 Å². The highest BCUT2D eigenvalue weighted by molar-refractivity contribution is 5.91. The molecule has 3 unspecified atom stereocenters. The maximum atomic E-state index is 12.0. The Morgan fingerprint density at radius 2 is 2.00 bits per heavy atom. The number of rotatable bonds is 4. The Balaban J connectivity index is 1.60. The molecule has 4 aliphatic rings. The smallest absolute Gasteiger partial charge is 0.303 e. The predicted octanol–water partition coefficient (Wildman–Crippen LogP) is 4.61. The predicted molar refractivity (Wildman–Crippen MR) is 108 cm³/mol. The van der Waals surface area contributed by atoms with Crippen LogP contribution in [0.5, 0.6) is 0 Å². The largest absolute Gasteiger partial charge is 0.481 e. The van der Waals surface area contributed by atoms with E-state index in [0.29, 0.717) is 30.1 Å². The molecule has 0 bridgehead atoms. The molecule has 0 aromatic heterocycles. The molecule has 2 N–H and O–H groups in total. The van der Waals surface area contributed by atoms with E-state index in [4.69, 9.17) is 5.11 Å². The molecule has 0 spiro atoms. The third kappa shape index (κ3) is 2.98. The third-order valence-electron chi connectivity index (χ3n) is 9.47. The Bertz CT molecular complexity index is 697. The van der Waals surface area contributed by atoms with Crippen molar-refractivity contribution in [2.45, 2.75) is 84.7 Å². The molecular formula is C24H36O4. The third-order valence-corrected chi connectivity index (χ3v) is 9.47. The van der Waals surface area contributed by atoms with Crippen LogP contribution in [0.1, 0.15) is 78.6 Å². The average molecular weight is 389 g/mol. The van der Waals surface area contributed by atoms with Crippen LogP contribution in [0, 0.1) is 40.4 Å². The lowest BCUT2D eigenvalue weighted by Crippen LogP contribution is -2.56. The number of fused-ring (bicyclic) bond motifs is 5. The van der Waals surface area contributed by atoms with Gasteiger partial charge in [0.2, 0.25) is 0 Å². The maximum Gasteiger partial charge on any atom is 0.303 e. The lowest BCUT2D eigenvalue weighted by molar-refractivity contribution is -0.140. The molecule has 4 rings (SSSR count). The van der Waals surface area contributed by atoms with Gasteiger partial charge in [0, 0.05) is 12.8 Å². The van der Waals surface area contributed by atoms with Crippen LogP contribution < -0.4 is 0 Å². The molecule has 28 heavy (non-hydrogen) atoms. The number of aliphatic hydroxyl groups is 1. The molecule has 8 atom stereocenters. The lowest BCUT2D eigenvalue weighted by atomic mass is 9.45. The lowest BCUT2D eigenvalue weighted by Gasteiger charge is -2.60. The van der Waals surface area contributed by atoms with Gasteiger partial charge in [-0.2, -0.15) is 0 Å². The Labute approximate surface area is 168 Å². The number of aliphatic carboxylic acids is 1. The van der Waals surface area contributed by atoms with Gasteiger partial charge in [-0.15, -0.1) is 0 Å². The van der Waals surface area contributed by atoms with Gasteiger partial charge in [-0.3, -0.25) is 9.59 Å². The Kier molecular flexibility index (Phi) is 5.01. The fourth-order valence-corrected chi connectivity index (χ4v) is 8.21. The number of aliphatic hydroxyl groups excluding tert-OH is 1. The Morgan fingerprint density at radius 3 is 2.71 bits per heavy atom. The summed E-state index contributed by atoms with van der Waals surface area (Å²) in [5.41, 5.74) is 1.38. The van der Waals surface area contributed by atoms with Gasteiger partial charge in [0.15, 0.2) is 5.78 Å². The van der Waals surface area contributed by atoms with Crippen LogP contribution in [0.2, 0.25) is 0 Å². The number of ketones is 1. The molecule has 0 heterocycles. The van der Waals surface area contributed by atoms with Gasteiger partial charge in [0.05, 0.1) is 6.10 Å². The first-order valence-corrected chi connectivity index (χ1v) is 11.3. The molecule has 0 amide bonds. The second kappa shape index (κ2) is 6.97. The summed E-state index contributed by atoms with van der Waals surface area (Å²) >= 11 is 0. The zero-order valence-corrected chi connectivity index (χ0v) is 17.6. The topological polar surface area (TPSA) is 74.6 Å². The average Bonchev–Trinajstić information content (AvgIpc) is 2.96. The van der Waals surface area contributed by atoms with Gasteiger partial charge in [-0.25, -0.2) is 0 Å². The minimum Gasteiger partial charge on any atom is -0.481 e. The summed E-state index contributed by atoms with van der Waals surface area (Å²) in [6.45, 7) is 6.90. The fourth-order valence-electron chi connectivity index (χ4n) is 8.21. The molecule has 0 saturated heterocycles. The minimum absolute atomic E-state index is 0.0232. The molecule has 0 aliphatic heterocycles. The van der Waals surface area contributed by atoms with Gasteiger partial charge >= 0.3 is 5.97 Å². The van der Waals surface area contributed by atoms with Crippen molar-refractivity contribution in [3.8, 4) is 0 Å². The van der Waals surface area contributed by atoms with Crippen molar-refractivity contribution in [3.05, 3.63) is 11.6 Å². The standard InChI is InChI=1S/C24H36O4/c1-14(4-9-21(27)28)18-7-8-19-17-6-5-15-12-16(25)10-11-23(15,2)22(17)20(26)13-24(18,19)3/h12,14,17-20,22,26H,4-11,13H2,1-3H3,(H,27,28)/t14-,17?,18-,19?,20+,22?,23+,24-/m1/s1. The first-order valence-electron chi connectivity index (χ1n) is 11.3. The number of carboxylic acid groups (broad SMARTS) is 1. The highest BCUT2D eigenvalue weighted by Crippen LogP contribution is 2.67. The van der Waals surface area contributed by atoms with Crippen molar-refractivity contribution in [1.82, 2.24) is 0 Å². The van der Waals surface area contributed by atoms with Crippen molar-refractivity contribution >= 4 is 11.8 Å². The number of carboxylic acids is 1. The van der Waals surface area contributed by atoms with E-state index in [1.54, 1.807) is 0 Å². The van der Waals surface area contributed by atoms with E-state index in [-0.39, 0.29) is 35.1 Å². The normalized spacial score (nSPS) is 46.2. The zero-order valence-electron chi connectivity index (χ0n) is 17.6. The summed E-state index contributed by atoms with van der Waals surface area (Å²) in [7, 11) is 0. The number of hydrogen-bond donors (Lipinski definition) is 2. The van der Waals surface area contributed by atoms with Crippen molar-refractivity contribution in [1.29, 1.82) is 0 Å². The van der Waals surface area contributed by atoms with Gasteiger partial charge in [0.25, 0.3) is 0 Å². The van der Waals surface area contributed by atoms with E-state index in [2.05, 4.69) is 20.8 Å². The van der Waals surface area contributed by atoms with Crippen molar-refractivity contribution in [2.24, 2.45) is 40.4 Å². The van der Waals surface area contributed by atoms with E-state index < -0.39 is 5.97 Å². The monoisotopic (exact) mass is 388 g/mol. The molecular weight excluding hydrogens is 352 g/mol. The van der Waals surface area contributed by atoms with Crippen LogP contribution in [0.25, 0.3) is 0 Å². The van der Waals surface area contributed by atoms with Crippen molar-refractivity contribution in [3.63, 3.8) is 0 Å². The van der Waals surface area contributed by atoms with Crippen LogP contribution in [0.15, 0.2) is 11.6 Å². The van der Waals surface area contributed by atoms with E-state index in [0.717, 1.165) is 38.5 Å². The quantitative estimate of drug-likeness (QED) is 0.738. The van der Waals surface area contributed by atoms with E-state index in [1.807, 2.05) is 6.08 Å². The van der Waals surface area contributed by atoms with Crippen LogP contribution in [-0.2, 0) is 9.59 Å². The van der Waals surface area contributed by atoms with Gasteiger partial charge in [0.1, 0.15) is 0 Å². The van der Waals surface area contributed by atoms with Crippen LogP contribution in [0.4, 0.5) is 0 Å². The fraction of sp³-hybridized carbons (Fsp3) is 0.833. The number of carbonyl (C=O) groups excluding carboxylic acids is 1. The summed E-state index contributed by atoms with van der Waals surface area (Å²) in [4.78, 5) is 23.0. The number of carbonyl (C=O) groups is 2. The van der Waals surface area contributed by atoms with Crippen LogP contribution >= 0.6 is 0 Å². The summed E-state index contributed by atoms with van der Waals surface area (Å²) < 4.78 is 0.